The van der Waals surface area contributed by atoms with Gasteiger partial charge in [-0.2, -0.15) is 0 Å². The molecule has 5 rings (SSSR count). The van der Waals surface area contributed by atoms with Gasteiger partial charge in [0.05, 0.1) is 26.1 Å². The minimum Gasteiger partial charge on any atom is -0.493 e. The van der Waals surface area contributed by atoms with Gasteiger partial charge in [0.15, 0.2) is 11.2 Å². The third kappa shape index (κ3) is 4.71. The minimum atomic E-state index is -0.175. The van der Waals surface area contributed by atoms with Gasteiger partial charge in [0, 0.05) is 37.7 Å². The predicted molar refractivity (Wildman–Crippen MR) is 122 cm³/mol. The van der Waals surface area contributed by atoms with Crippen LogP contribution in [0.1, 0.15) is 49.5 Å². The Morgan fingerprint density at radius 2 is 1.97 bits per heavy atom. The van der Waals surface area contributed by atoms with Crippen LogP contribution in [0.3, 0.4) is 0 Å². The summed E-state index contributed by atoms with van der Waals surface area (Å²) in [5.41, 5.74) is 1.96. The fraction of sp³-hybridized carbons (Fsp3) is 0.542. The fourth-order valence-corrected chi connectivity index (χ4v) is 4.77. The maximum Gasteiger partial charge on any atom is 0.279 e. The van der Waals surface area contributed by atoms with Crippen LogP contribution in [0, 0.1) is 0 Å². The smallest absolute Gasteiger partial charge is 0.279 e. The first-order valence-electron chi connectivity index (χ1n) is 11.7. The van der Waals surface area contributed by atoms with E-state index in [4.69, 9.17) is 14.5 Å². The molecule has 0 amide bonds. The molecule has 1 aliphatic carbocycles. The van der Waals surface area contributed by atoms with E-state index in [0.717, 1.165) is 63.4 Å². The zero-order chi connectivity index (χ0) is 21.8. The number of fused-ring (bicyclic) bond motifs is 1. The van der Waals surface area contributed by atoms with E-state index >= 15 is 0 Å². The monoisotopic (exact) mass is 437 g/mol. The Morgan fingerprint density at radius 3 is 2.81 bits per heavy atom. The maximum absolute atomic E-state index is 12.6. The fourth-order valence-electron chi connectivity index (χ4n) is 4.77. The number of hydrogen-bond donors (Lipinski definition) is 1. The molecule has 1 aliphatic heterocycles. The van der Waals surface area contributed by atoms with E-state index in [0.29, 0.717) is 36.1 Å². The highest BCUT2D eigenvalue weighted by molar-refractivity contribution is 5.69. The summed E-state index contributed by atoms with van der Waals surface area (Å²) in [5.74, 6) is 1.49. The third-order valence-corrected chi connectivity index (χ3v) is 6.51. The van der Waals surface area contributed by atoms with Crippen LogP contribution in [0.2, 0.25) is 0 Å². The Kier molecular flexibility index (Phi) is 6.50. The van der Waals surface area contributed by atoms with Gasteiger partial charge in [0.1, 0.15) is 11.6 Å². The van der Waals surface area contributed by atoms with Gasteiger partial charge in [0.25, 0.3) is 5.56 Å². The second-order valence-electron chi connectivity index (χ2n) is 8.72. The van der Waals surface area contributed by atoms with Gasteiger partial charge in [-0.05, 0) is 25.3 Å². The van der Waals surface area contributed by atoms with Gasteiger partial charge in [-0.1, -0.05) is 31.0 Å². The molecule has 1 N–H and O–H groups in total. The summed E-state index contributed by atoms with van der Waals surface area (Å²) in [6.45, 7) is 5.30. The number of imidazole rings is 1. The molecule has 0 bridgehead atoms. The summed E-state index contributed by atoms with van der Waals surface area (Å²) in [7, 11) is 0. The van der Waals surface area contributed by atoms with E-state index in [1.165, 1.54) is 12.8 Å². The number of hydrogen-bond acceptors (Lipinski definition) is 6. The summed E-state index contributed by atoms with van der Waals surface area (Å²) in [6.07, 6.45) is 7.94. The second-order valence-corrected chi connectivity index (χ2v) is 8.72. The number of benzene rings is 1. The number of nitrogens with zero attached hydrogens (tertiary/aromatic N) is 4. The molecule has 8 nitrogen and oxygen atoms in total. The van der Waals surface area contributed by atoms with Crippen LogP contribution in [-0.2, 0) is 11.2 Å². The Labute approximate surface area is 187 Å². The second kappa shape index (κ2) is 9.83. The van der Waals surface area contributed by atoms with Crippen LogP contribution >= 0.6 is 0 Å². The molecule has 1 saturated heterocycles. The molecular weight excluding hydrogens is 406 g/mol. The molecule has 0 atom stereocenters. The van der Waals surface area contributed by atoms with Crippen LogP contribution in [0.25, 0.3) is 11.2 Å². The summed E-state index contributed by atoms with van der Waals surface area (Å²) in [5, 5.41) is 0. The van der Waals surface area contributed by atoms with E-state index in [9.17, 15) is 4.79 Å². The van der Waals surface area contributed by atoms with Crippen LogP contribution in [0.5, 0.6) is 5.75 Å². The molecule has 2 fully saturated rings. The van der Waals surface area contributed by atoms with Crippen molar-refractivity contribution in [3.8, 4) is 5.75 Å². The number of ether oxygens (including phenoxy) is 2. The lowest BCUT2D eigenvalue weighted by Gasteiger charge is -2.26. The topological polar surface area (TPSA) is 85.3 Å². The van der Waals surface area contributed by atoms with Gasteiger partial charge in [0.2, 0.25) is 0 Å². The van der Waals surface area contributed by atoms with Crippen molar-refractivity contribution < 1.29 is 9.47 Å². The van der Waals surface area contributed by atoms with Gasteiger partial charge in [-0.15, -0.1) is 0 Å². The predicted octanol–water partition coefficient (Wildman–Crippen LogP) is 2.93. The van der Waals surface area contributed by atoms with Gasteiger partial charge >= 0.3 is 0 Å². The zero-order valence-electron chi connectivity index (χ0n) is 18.5. The van der Waals surface area contributed by atoms with E-state index in [1.54, 1.807) is 6.33 Å². The van der Waals surface area contributed by atoms with E-state index in [-0.39, 0.29) is 5.56 Å². The normalized spacial score (nSPS) is 17.9. The quantitative estimate of drug-likeness (QED) is 0.546. The lowest BCUT2D eigenvalue weighted by molar-refractivity contribution is 0.0358. The van der Waals surface area contributed by atoms with Gasteiger partial charge in [-0.25, -0.2) is 9.97 Å². The molecule has 32 heavy (non-hydrogen) atoms. The van der Waals surface area contributed by atoms with Crippen molar-refractivity contribution in [1.82, 2.24) is 24.4 Å². The third-order valence-electron chi connectivity index (χ3n) is 6.51. The average Bonchev–Trinajstić information content (AvgIpc) is 3.48. The SMILES string of the molecule is O=c1[nH]c(Cc2ccccc2OCCCN2CCOCC2)nc2c1ncn2C1CCCC1. The molecule has 3 heterocycles. The number of H-pyrrole nitrogens is 1. The molecule has 3 aromatic rings. The first kappa shape index (κ1) is 21.2. The van der Waals surface area contributed by atoms with Crippen molar-refractivity contribution in [1.29, 1.82) is 0 Å². The summed E-state index contributed by atoms with van der Waals surface area (Å²) >= 11 is 0. The summed E-state index contributed by atoms with van der Waals surface area (Å²) < 4.78 is 13.6. The molecule has 0 radical (unpaired) electrons. The van der Waals surface area contributed by atoms with Gasteiger partial charge in [-0.3, -0.25) is 9.69 Å². The van der Waals surface area contributed by atoms with Gasteiger partial charge < -0.3 is 19.0 Å². The van der Waals surface area contributed by atoms with E-state index < -0.39 is 0 Å². The number of aromatic nitrogens is 4. The van der Waals surface area contributed by atoms with E-state index in [1.807, 2.05) is 24.3 Å². The molecule has 8 heteroatoms. The molecular formula is C24H31N5O3. The molecule has 0 unspecified atom stereocenters. The highest BCUT2D eigenvalue weighted by atomic mass is 16.5. The van der Waals surface area contributed by atoms with Crippen molar-refractivity contribution in [3.63, 3.8) is 0 Å². The number of rotatable bonds is 8. The number of aromatic amines is 1. The van der Waals surface area contributed by atoms with Crippen molar-refractivity contribution in [2.45, 2.75) is 44.6 Å². The van der Waals surface area contributed by atoms with Crippen LogP contribution in [0.4, 0.5) is 0 Å². The van der Waals surface area contributed by atoms with Crippen LogP contribution < -0.4 is 10.3 Å². The van der Waals surface area contributed by atoms with E-state index in [2.05, 4.69) is 19.4 Å². The number of para-hydroxylation sites is 1. The Hall–Kier alpha value is -2.71. The maximum atomic E-state index is 12.6. The molecule has 1 saturated carbocycles. The number of nitrogens with one attached hydrogen (secondary N) is 1. The Balaban J connectivity index is 1.28. The molecule has 1 aromatic carbocycles. The average molecular weight is 438 g/mol. The van der Waals surface area contributed by atoms with Crippen molar-refractivity contribution >= 4 is 11.2 Å². The first-order valence-corrected chi connectivity index (χ1v) is 11.7. The molecule has 2 aromatic heterocycles. The Morgan fingerprint density at radius 1 is 1.16 bits per heavy atom. The van der Waals surface area contributed by atoms with Crippen molar-refractivity contribution in [2.75, 3.05) is 39.5 Å². The summed E-state index contributed by atoms with van der Waals surface area (Å²) in [6, 6.07) is 8.40. The van der Waals surface area contributed by atoms with Crippen LogP contribution in [-0.4, -0.2) is 63.9 Å². The van der Waals surface area contributed by atoms with Crippen molar-refractivity contribution in [3.05, 3.63) is 52.3 Å². The minimum absolute atomic E-state index is 0.175. The molecule has 0 spiro atoms. The largest absolute Gasteiger partial charge is 0.493 e. The first-order chi connectivity index (χ1) is 15.8. The Bertz CT molecular complexity index is 1100. The molecule has 2 aliphatic rings. The highest BCUT2D eigenvalue weighted by Gasteiger charge is 2.21. The van der Waals surface area contributed by atoms with Crippen LogP contribution in [0.15, 0.2) is 35.4 Å². The zero-order valence-corrected chi connectivity index (χ0v) is 18.5. The standard InChI is InChI=1S/C24H31N5O3/c30-24-22-23(29(17-25-22)19-7-2-3-8-19)26-21(27-24)16-18-6-1-4-9-20(18)32-13-5-10-28-11-14-31-15-12-28/h1,4,6,9,17,19H,2-3,5,7-8,10-16H2,(H,26,27,30). The lowest BCUT2D eigenvalue weighted by Crippen LogP contribution is -2.37. The molecule has 170 valence electrons. The lowest BCUT2D eigenvalue weighted by atomic mass is 10.1. The van der Waals surface area contributed by atoms with Crippen molar-refractivity contribution in [2.24, 2.45) is 0 Å². The number of morpholine rings is 1. The summed E-state index contributed by atoms with van der Waals surface area (Å²) in [4.78, 5) is 27.1. The highest BCUT2D eigenvalue weighted by Crippen LogP contribution is 2.31.